The van der Waals surface area contributed by atoms with Crippen LogP contribution in [-0.4, -0.2) is 36.4 Å². The van der Waals surface area contributed by atoms with E-state index >= 15 is 0 Å². The van der Waals surface area contributed by atoms with Crippen molar-refractivity contribution in [2.45, 2.75) is 6.92 Å². The molecule has 2 aromatic carbocycles. The molecule has 1 N–H and O–H groups in total. The smallest absolute Gasteiger partial charge is 0.260 e. The Labute approximate surface area is 177 Å². The Morgan fingerprint density at radius 3 is 2.26 bits per heavy atom. The van der Waals surface area contributed by atoms with Crippen molar-refractivity contribution in [2.24, 2.45) is 0 Å². The Hall–Kier alpha value is -1.66. The number of benzene rings is 2. The van der Waals surface area contributed by atoms with Gasteiger partial charge in [0, 0.05) is 12.6 Å². The maximum Gasteiger partial charge on any atom is 0.260 e. The molecule has 0 saturated carbocycles. The molecule has 0 aliphatic heterocycles. The minimum absolute atomic E-state index is 0.165. The quantitative estimate of drug-likeness (QED) is 0.634. The molecule has 0 aliphatic rings. The molecule has 27 heavy (non-hydrogen) atoms. The van der Waals surface area contributed by atoms with Gasteiger partial charge in [0.2, 0.25) is 5.91 Å². The van der Waals surface area contributed by atoms with E-state index in [2.05, 4.69) is 5.32 Å². The summed E-state index contributed by atoms with van der Waals surface area (Å²) >= 11 is 23.8. The zero-order valence-corrected chi connectivity index (χ0v) is 17.3. The Morgan fingerprint density at radius 2 is 1.67 bits per heavy atom. The fourth-order valence-corrected chi connectivity index (χ4v) is 2.93. The summed E-state index contributed by atoms with van der Waals surface area (Å²) in [6.07, 6.45) is 0. The summed E-state index contributed by atoms with van der Waals surface area (Å²) in [6.45, 7) is 1.67. The number of amides is 2. The maximum absolute atomic E-state index is 12.3. The Morgan fingerprint density at radius 1 is 1.00 bits per heavy atom. The van der Waals surface area contributed by atoms with Gasteiger partial charge in [-0.15, -0.1) is 0 Å². The van der Waals surface area contributed by atoms with Gasteiger partial charge in [-0.2, -0.15) is 0 Å². The molecule has 5 nitrogen and oxygen atoms in total. The minimum atomic E-state index is -0.422. The molecule has 9 heteroatoms. The van der Waals surface area contributed by atoms with Crippen molar-refractivity contribution in [1.29, 1.82) is 0 Å². The van der Waals surface area contributed by atoms with E-state index in [0.29, 0.717) is 38.1 Å². The second kappa shape index (κ2) is 10.0. The summed E-state index contributed by atoms with van der Waals surface area (Å²) < 4.78 is 5.42. The molecular formula is C18H16Cl4N2O3. The third-order valence-electron chi connectivity index (χ3n) is 3.55. The van der Waals surface area contributed by atoms with E-state index in [0.717, 1.165) is 0 Å². The van der Waals surface area contributed by atoms with Gasteiger partial charge in [0.25, 0.3) is 5.91 Å². The molecule has 0 heterocycles. The maximum atomic E-state index is 12.3. The van der Waals surface area contributed by atoms with Crippen LogP contribution in [0.3, 0.4) is 0 Å². The average molecular weight is 450 g/mol. The predicted molar refractivity (Wildman–Crippen MR) is 109 cm³/mol. The van der Waals surface area contributed by atoms with Crippen molar-refractivity contribution in [3.8, 4) is 5.75 Å². The molecule has 2 rings (SSSR count). The number of halogens is 4. The number of ether oxygens (including phenoxy) is 1. The first-order valence-electron chi connectivity index (χ1n) is 7.91. The van der Waals surface area contributed by atoms with Crippen LogP contribution in [-0.2, 0) is 9.59 Å². The lowest BCUT2D eigenvalue weighted by Crippen LogP contribution is -2.40. The van der Waals surface area contributed by atoms with Crippen molar-refractivity contribution in [3.05, 3.63) is 56.5 Å². The highest BCUT2D eigenvalue weighted by molar-refractivity contribution is 6.42. The van der Waals surface area contributed by atoms with Gasteiger partial charge in [-0.25, -0.2) is 0 Å². The molecule has 0 bridgehead atoms. The van der Waals surface area contributed by atoms with Crippen LogP contribution in [0, 0.1) is 0 Å². The zero-order valence-electron chi connectivity index (χ0n) is 14.3. The van der Waals surface area contributed by atoms with Gasteiger partial charge < -0.3 is 15.0 Å². The molecule has 144 valence electrons. The largest absolute Gasteiger partial charge is 0.484 e. The number of nitrogens with one attached hydrogen (secondary N) is 1. The fraction of sp³-hybridized carbons (Fsp3) is 0.222. The lowest BCUT2D eigenvalue weighted by Gasteiger charge is -2.21. The lowest BCUT2D eigenvalue weighted by atomic mass is 10.3. The highest BCUT2D eigenvalue weighted by atomic mass is 35.5. The first-order valence-corrected chi connectivity index (χ1v) is 9.42. The monoisotopic (exact) mass is 448 g/mol. The average Bonchev–Trinajstić information content (AvgIpc) is 2.63. The number of para-hydroxylation sites is 1. The van der Waals surface area contributed by atoms with E-state index in [1.54, 1.807) is 37.3 Å². The van der Waals surface area contributed by atoms with Crippen LogP contribution >= 0.6 is 46.4 Å². The molecule has 0 saturated heterocycles. The number of hydrogen-bond acceptors (Lipinski definition) is 3. The number of nitrogens with zero attached hydrogens (tertiary/aromatic N) is 1. The topological polar surface area (TPSA) is 58.6 Å². The molecule has 0 unspecified atom stereocenters. The van der Waals surface area contributed by atoms with Crippen LogP contribution in [0.2, 0.25) is 20.1 Å². The zero-order chi connectivity index (χ0) is 20.0. The van der Waals surface area contributed by atoms with Crippen LogP contribution < -0.4 is 10.1 Å². The second-order valence-electron chi connectivity index (χ2n) is 5.42. The number of anilines is 1. The summed E-state index contributed by atoms with van der Waals surface area (Å²) in [5.41, 5.74) is 0.307. The van der Waals surface area contributed by atoms with Crippen molar-refractivity contribution < 1.29 is 14.3 Å². The van der Waals surface area contributed by atoms with Gasteiger partial charge in [0.1, 0.15) is 5.75 Å². The van der Waals surface area contributed by atoms with Crippen LogP contribution in [0.4, 0.5) is 5.69 Å². The molecule has 0 spiro atoms. The molecule has 2 aromatic rings. The lowest BCUT2D eigenvalue weighted by molar-refractivity contribution is -0.136. The first-order chi connectivity index (χ1) is 12.8. The molecular weight excluding hydrogens is 434 g/mol. The van der Waals surface area contributed by atoms with Crippen LogP contribution in [0.15, 0.2) is 36.4 Å². The van der Waals surface area contributed by atoms with Crippen molar-refractivity contribution >= 4 is 63.9 Å². The third kappa shape index (κ3) is 6.18. The number of carbonyl (C=O) groups is 2. The molecule has 0 fully saturated rings. The third-order valence-corrected chi connectivity index (χ3v) is 4.92. The normalized spacial score (nSPS) is 10.4. The van der Waals surface area contributed by atoms with E-state index < -0.39 is 5.91 Å². The number of rotatable bonds is 7. The van der Waals surface area contributed by atoms with Crippen molar-refractivity contribution in [3.63, 3.8) is 0 Å². The van der Waals surface area contributed by atoms with Crippen LogP contribution in [0.1, 0.15) is 6.92 Å². The number of likely N-dealkylation sites (N-methyl/N-ethyl adjacent to an activating group) is 1. The highest BCUT2D eigenvalue weighted by Gasteiger charge is 2.18. The van der Waals surface area contributed by atoms with E-state index in [1.807, 2.05) is 0 Å². The minimum Gasteiger partial charge on any atom is -0.484 e. The van der Waals surface area contributed by atoms with Gasteiger partial charge in [-0.05, 0) is 31.2 Å². The number of carbonyl (C=O) groups excluding carboxylic acids is 2. The first kappa shape index (κ1) is 21.6. The Bertz CT molecular complexity index is 825. The fourth-order valence-electron chi connectivity index (χ4n) is 2.15. The van der Waals surface area contributed by atoms with Crippen molar-refractivity contribution in [1.82, 2.24) is 4.90 Å². The van der Waals surface area contributed by atoms with Gasteiger partial charge >= 0.3 is 0 Å². The van der Waals surface area contributed by atoms with E-state index in [1.165, 1.54) is 11.0 Å². The summed E-state index contributed by atoms with van der Waals surface area (Å²) in [6, 6.07) is 9.57. The Kier molecular flexibility index (Phi) is 8.05. The second-order valence-corrected chi connectivity index (χ2v) is 7.05. The van der Waals surface area contributed by atoms with E-state index in [-0.39, 0.29) is 19.1 Å². The van der Waals surface area contributed by atoms with Gasteiger partial charge in [0.05, 0.1) is 32.3 Å². The molecule has 0 aliphatic carbocycles. The standard InChI is InChI=1S/C18H16Cl4N2O3/c1-2-24(9-16(25)23-18-13(20)4-3-5-14(18)21)17(26)10-27-11-6-7-12(19)15(22)8-11/h3-8H,2,9-10H2,1H3,(H,23,25). The van der Waals surface area contributed by atoms with E-state index in [4.69, 9.17) is 51.1 Å². The molecule has 0 aromatic heterocycles. The summed E-state index contributed by atoms with van der Waals surface area (Å²) in [5.74, 6) is -0.375. The number of hydrogen-bond donors (Lipinski definition) is 1. The van der Waals surface area contributed by atoms with Gasteiger partial charge in [-0.3, -0.25) is 9.59 Å². The van der Waals surface area contributed by atoms with Gasteiger partial charge in [-0.1, -0.05) is 52.5 Å². The van der Waals surface area contributed by atoms with Crippen LogP contribution in [0.5, 0.6) is 5.75 Å². The van der Waals surface area contributed by atoms with E-state index in [9.17, 15) is 9.59 Å². The molecule has 0 atom stereocenters. The summed E-state index contributed by atoms with van der Waals surface area (Å²) in [4.78, 5) is 25.9. The highest BCUT2D eigenvalue weighted by Crippen LogP contribution is 2.29. The van der Waals surface area contributed by atoms with Crippen molar-refractivity contribution in [2.75, 3.05) is 25.0 Å². The predicted octanol–water partition coefficient (Wildman–Crippen LogP) is 5.17. The summed E-state index contributed by atoms with van der Waals surface area (Å²) in [7, 11) is 0. The molecule has 2 amide bonds. The molecule has 0 radical (unpaired) electrons. The van der Waals surface area contributed by atoms with Crippen LogP contribution in [0.25, 0.3) is 0 Å². The van der Waals surface area contributed by atoms with Gasteiger partial charge in [0.15, 0.2) is 6.61 Å². The summed E-state index contributed by atoms with van der Waals surface area (Å²) in [5, 5.41) is 3.96. The SMILES string of the molecule is CCN(CC(=O)Nc1c(Cl)cccc1Cl)C(=O)COc1ccc(Cl)c(Cl)c1. The Balaban J connectivity index is 1.94.